The minimum atomic E-state index is -3.38. The van der Waals surface area contributed by atoms with Crippen LogP contribution in [0.15, 0.2) is 24.3 Å². The van der Waals surface area contributed by atoms with E-state index in [-0.39, 0.29) is 12.2 Å². The van der Waals surface area contributed by atoms with Gasteiger partial charge in [-0.1, -0.05) is 12.2 Å². The van der Waals surface area contributed by atoms with Gasteiger partial charge in [0.2, 0.25) is 0 Å². The molecule has 1 atom stereocenters. The van der Waals surface area contributed by atoms with Gasteiger partial charge >= 0.3 is 6.09 Å². The fourth-order valence-electron chi connectivity index (χ4n) is 3.35. The Labute approximate surface area is 177 Å². The lowest BCUT2D eigenvalue weighted by Crippen LogP contribution is -2.51. The van der Waals surface area contributed by atoms with Crippen LogP contribution in [0.3, 0.4) is 0 Å². The van der Waals surface area contributed by atoms with Crippen molar-refractivity contribution in [3.8, 4) is 0 Å². The maximum absolute atomic E-state index is 12.2. The van der Waals surface area contributed by atoms with Gasteiger partial charge in [0.1, 0.15) is 6.10 Å². The van der Waals surface area contributed by atoms with Crippen molar-refractivity contribution in [2.75, 3.05) is 63.2 Å². The molecule has 0 aliphatic carbocycles. The summed E-state index contributed by atoms with van der Waals surface area (Å²) in [5, 5.41) is 3.02. The largest absolute Gasteiger partial charge is 0.442 e. The molecule has 0 bridgehead atoms. The van der Waals surface area contributed by atoms with Gasteiger partial charge in [-0.3, -0.25) is 4.90 Å². The number of nitrogens with zero attached hydrogens (tertiary/aromatic N) is 4. The molecule has 0 aromatic heterocycles. The van der Waals surface area contributed by atoms with Gasteiger partial charge in [0.05, 0.1) is 18.1 Å². The van der Waals surface area contributed by atoms with Gasteiger partial charge < -0.3 is 15.0 Å². The number of hydrogen-bond acceptors (Lipinski definition) is 6. The first-order valence-corrected chi connectivity index (χ1v) is 11.2. The molecule has 1 aromatic carbocycles. The van der Waals surface area contributed by atoms with E-state index in [1.165, 1.54) is 8.61 Å². The van der Waals surface area contributed by atoms with Crippen LogP contribution >= 0.6 is 12.2 Å². The highest BCUT2D eigenvalue weighted by atomic mass is 32.2. The number of piperazine rings is 1. The van der Waals surface area contributed by atoms with E-state index in [0.29, 0.717) is 44.3 Å². The number of benzene rings is 1. The van der Waals surface area contributed by atoms with Crippen LogP contribution in [-0.2, 0) is 14.9 Å². The molecule has 3 rings (SSSR count). The van der Waals surface area contributed by atoms with Crippen molar-refractivity contribution in [2.45, 2.75) is 13.0 Å². The smallest absolute Gasteiger partial charge is 0.414 e. The maximum Gasteiger partial charge on any atom is 0.414 e. The van der Waals surface area contributed by atoms with Crippen molar-refractivity contribution < 1.29 is 17.9 Å². The molecule has 2 saturated heterocycles. The normalized spacial score (nSPS) is 20.8. The fraction of sp³-hybridized carbons (Fsp3) is 0.556. The third-order valence-electron chi connectivity index (χ3n) is 5.01. The summed E-state index contributed by atoms with van der Waals surface area (Å²) in [6, 6.07) is 7.68. The van der Waals surface area contributed by atoms with Gasteiger partial charge in [-0.2, -0.15) is 17.0 Å². The number of rotatable bonds is 6. The minimum absolute atomic E-state index is 0.244. The van der Waals surface area contributed by atoms with E-state index in [1.807, 2.05) is 24.3 Å². The Bertz CT molecular complexity index is 852. The van der Waals surface area contributed by atoms with E-state index < -0.39 is 10.2 Å². The van der Waals surface area contributed by atoms with E-state index >= 15 is 0 Å². The average molecular weight is 442 g/mol. The first-order valence-electron chi connectivity index (χ1n) is 9.43. The van der Waals surface area contributed by atoms with Crippen LogP contribution in [0.2, 0.25) is 0 Å². The van der Waals surface area contributed by atoms with Gasteiger partial charge in [0.15, 0.2) is 0 Å². The van der Waals surface area contributed by atoms with Crippen LogP contribution in [-0.4, -0.2) is 87.6 Å². The number of nitrogens with one attached hydrogen (secondary N) is 1. The van der Waals surface area contributed by atoms with Crippen molar-refractivity contribution >= 4 is 44.9 Å². The quantitative estimate of drug-likeness (QED) is 0.656. The van der Waals surface area contributed by atoms with E-state index in [9.17, 15) is 13.2 Å². The lowest BCUT2D eigenvalue weighted by Gasteiger charge is -2.36. The van der Waals surface area contributed by atoms with Gasteiger partial charge in [-0.05, 0) is 31.2 Å². The average Bonchev–Trinajstić information content (AvgIpc) is 3.07. The van der Waals surface area contributed by atoms with Crippen LogP contribution in [0.1, 0.15) is 6.92 Å². The summed E-state index contributed by atoms with van der Waals surface area (Å²) in [5.41, 5.74) is 1.77. The SMILES string of the molecule is CC(=S)NCC1CN(c2ccc(N3CCN(S(=O)(=O)N(C)C)CC3)cc2)C(=O)O1. The van der Waals surface area contributed by atoms with Crippen LogP contribution in [0, 0.1) is 0 Å². The molecule has 11 heteroatoms. The summed E-state index contributed by atoms with van der Waals surface area (Å²) in [5.74, 6) is 0. The molecule has 1 unspecified atom stereocenters. The number of cyclic esters (lactones) is 1. The van der Waals surface area contributed by atoms with Crippen molar-refractivity contribution in [1.82, 2.24) is 13.9 Å². The lowest BCUT2D eigenvalue weighted by molar-refractivity contribution is 0.143. The topological polar surface area (TPSA) is 85.4 Å². The summed E-state index contributed by atoms with van der Waals surface area (Å²) in [7, 11) is -0.291. The second-order valence-electron chi connectivity index (χ2n) is 7.25. The monoisotopic (exact) mass is 441 g/mol. The Morgan fingerprint density at radius 1 is 1.17 bits per heavy atom. The molecule has 2 aliphatic heterocycles. The summed E-state index contributed by atoms with van der Waals surface area (Å²) in [4.78, 5) is 16.6. The predicted molar refractivity (Wildman–Crippen MR) is 117 cm³/mol. The summed E-state index contributed by atoms with van der Waals surface area (Å²) >= 11 is 4.99. The maximum atomic E-state index is 12.2. The molecule has 2 fully saturated rings. The van der Waals surface area contributed by atoms with E-state index in [2.05, 4.69) is 10.2 Å². The minimum Gasteiger partial charge on any atom is -0.442 e. The number of hydrogen-bond donors (Lipinski definition) is 1. The van der Waals surface area contributed by atoms with Crippen molar-refractivity contribution in [1.29, 1.82) is 0 Å². The van der Waals surface area contributed by atoms with Crippen LogP contribution < -0.4 is 15.1 Å². The Hall–Kier alpha value is -1.95. The Morgan fingerprint density at radius 2 is 1.76 bits per heavy atom. The predicted octanol–water partition coefficient (Wildman–Crippen LogP) is 0.877. The summed E-state index contributed by atoms with van der Waals surface area (Å²) in [6.45, 7) is 4.86. The molecule has 1 amide bonds. The van der Waals surface area contributed by atoms with Gasteiger partial charge in [0, 0.05) is 51.6 Å². The highest BCUT2D eigenvalue weighted by molar-refractivity contribution is 7.86. The molecule has 0 radical (unpaired) electrons. The highest BCUT2D eigenvalue weighted by Gasteiger charge is 2.32. The van der Waals surface area contributed by atoms with E-state index in [0.717, 1.165) is 11.4 Å². The Morgan fingerprint density at radius 3 is 2.31 bits per heavy atom. The first-order chi connectivity index (χ1) is 13.7. The second kappa shape index (κ2) is 8.82. The highest BCUT2D eigenvalue weighted by Crippen LogP contribution is 2.26. The van der Waals surface area contributed by atoms with Gasteiger partial charge in [-0.25, -0.2) is 4.79 Å². The van der Waals surface area contributed by atoms with Crippen LogP contribution in [0.4, 0.5) is 16.2 Å². The van der Waals surface area contributed by atoms with Crippen molar-refractivity contribution in [2.24, 2.45) is 0 Å². The molecule has 2 aliphatic rings. The van der Waals surface area contributed by atoms with Crippen molar-refractivity contribution in [3.63, 3.8) is 0 Å². The number of ether oxygens (including phenoxy) is 1. The summed E-state index contributed by atoms with van der Waals surface area (Å²) in [6.07, 6.45) is -0.610. The Balaban J connectivity index is 1.59. The summed E-state index contributed by atoms with van der Waals surface area (Å²) < 4.78 is 32.6. The molecule has 0 spiro atoms. The van der Waals surface area contributed by atoms with E-state index in [1.54, 1.807) is 25.9 Å². The molecular formula is C18H27N5O4S2. The van der Waals surface area contributed by atoms with Crippen LogP contribution in [0.25, 0.3) is 0 Å². The Kier molecular flexibility index (Phi) is 6.62. The number of anilines is 2. The van der Waals surface area contributed by atoms with Crippen LogP contribution in [0.5, 0.6) is 0 Å². The van der Waals surface area contributed by atoms with Crippen molar-refractivity contribution in [3.05, 3.63) is 24.3 Å². The second-order valence-corrected chi connectivity index (χ2v) is 10.0. The molecule has 29 heavy (non-hydrogen) atoms. The van der Waals surface area contributed by atoms with Gasteiger partial charge in [0.25, 0.3) is 10.2 Å². The zero-order valence-electron chi connectivity index (χ0n) is 16.9. The molecule has 0 saturated carbocycles. The number of thiocarbonyl (C=S) groups is 1. The zero-order valence-corrected chi connectivity index (χ0v) is 18.5. The third-order valence-corrected chi connectivity index (χ3v) is 7.09. The third kappa shape index (κ3) is 4.97. The molecule has 160 valence electrons. The number of amides is 1. The molecule has 2 heterocycles. The van der Waals surface area contributed by atoms with Gasteiger partial charge in [-0.15, -0.1) is 0 Å². The lowest BCUT2D eigenvalue weighted by atomic mass is 10.2. The fourth-order valence-corrected chi connectivity index (χ4v) is 4.52. The molecular weight excluding hydrogens is 414 g/mol. The molecule has 9 nitrogen and oxygen atoms in total. The standard InChI is InChI=1S/C18H27N5O4S2/c1-14(28)19-12-17-13-23(18(24)27-17)16-6-4-15(5-7-16)21-8-10-22(11-9-21)29(25,26)20(2)3/h4-7,17H,8-13H2,1-3H3,(H,19,28). The number of carbonyl (C=O) groups is 1. The number of carbonyl (C=O) groups excluding carboxylic acids is 1. The zero-order chi connectivity index (χ0) is 21.2. The van der Waals surface area contributed by atoms with E-state index in [4.69, 9.17) is 17.0 Å². The first kappa shape index (κ1) is 21.8. The molecule has 1 aromatic rings. The molecule has 1 N–H and O–H groups in total.